The minimum Gasteiger partial charge on any atom is -0.354 e. The molecule has 39 heavy (non-hydrogen) atoms. The molecule has 0 aliphatic carbocycles. The fourth-order valence-electron chi connectivity index (χ4n) is 4.14. The first-order valence-corrected chi connectivity index (χ1v) is 15.7. The molecule has 0 bridgehead atoms. The summed E-state index contributed by atoms with van der Waals surface area (Å²) < 4.78 is 27.4. The number of rotatable bonds is 13. The fraction of sp³-hybridized carbons (Fsp3) is 0.310. The first kappa shape index (κ1) is 30.7. The second-order valence-electron chi connectivity index (χ2n) is 9.25. The summed E-state index contributed by atoms with van der Waals surface area (Å²) in [6.45, 7) is 2.12. The van der Waals surface area contributed by atoms with Gasteiger partial charge in [0.05, 0.1) is 11.9 Å². The van der Waals surface area contributed by atoms with Crippen LogP contribution in [0.25, 0.3) is 0 Å². The molecule has 7 nitrogen and oxygen atoms in total. The molecule has 3 rings (SSSR count). The molecular formula is C29H33BrClN3O4S. The second-order valence-corrected chi connectivity index (χ2v) is 12.5. The highest BCUT2D eigenvalue weighted by molar-refractivity contribution is 9.10. The summed E-state index contributed by atoms with van der Waals surface area (Å²) in [5.41, 5.74) is 1.95. The van der Waals surface area contributed by atoms with E-state index < -0.39 is 28.5 Å². The summed E-state index contributed by atoms with van der Waals surface area (Å²) in [5.74, 6) is -0.803. The Balaban J connectivity index is 2.03. The molecule has 0 unspecified atom stereocenters. The number of anilines is 1. The van der Waals surface area contributed by atoms with Crippen LogP contribution in [0.2, 0.25) is 5.02 Å². The Labute approximate surface area is 244 Å². The Kier molecular flexibility index (Phi) is 11.4. The van der Waals surface area contributed by atoms with Gasteiger partial charge in [0, 0.05) is 29.0 Å². The number of carbonyl (C=O) groups excluding carboxylic acids is 2. The van der Waals surface area contributed by atoms with E-state index >= 15 is 0 Å². The number of hydrogen-bond donors (Lipinski definition) is 1. The van der Waals surface area contributed by atoms with Gasteiger partial charge in [0.15, 0.2) is 0 Å². The number of nitrogens with one attached hydrogen (secondary N) is 1. The quantitative estimate of drug-likeness (QED) is 0.254. The lowest BCUT2D eigenvalue weighted by Gasteiger charge is -2.33. The highest BCUT2D eigenvalue weighted by atomic mass is 79.9. The number of hydrogen-bond acceptors (Lipinski definition) is 4. The number of amides is 2. The van der Waals surface area contributed by atoms with Gasteiger partial charge in [-0.15, -0.1) is 0 Å². The number of sulfonamides is 1. The Morgan fingerprint density at radius 1 is 0.974 bits per heavy atom. The third kappa shape index (κ3) is 9.37. The molecule has 1 atom stereocenters. The Bertz CT molecular complexity index is 1370. The van der Waals surface area contributed by atoms with E-state index in [0.29, 0.717) is 21.7 Å². The molecular weight excluding hydrogens is 602 g/mol. The average molecular weight is 635 g/mol. The van der Waals surface area contributed by atoms with Crippen molar-refractivity contribution in [2.24, 2.45) is 0 Å². The lowest BCUT2D eigenvalue weighted by atomic mass is 10.0. The number of halogens is 2. The lowest BCUT2D eigenvalue weighted by Crippen LogP contribution is -2.53. The molecule has 3 aromatic rings. The van der Waals surface area contributed by atoms with Crippen LogP contribution in [0.5, 0.6) is 0 Å². The van der Waals surface area contributed by atoms with Crippen LogP contribution in [-0.2, 0) is 32.6 Å². The van der Waals surface area contributed by atoms with Gasteiger partial charge >= 0.3 is 0 Å². The zero-order chi connectivity index (χ0) is 28.4. The van der Waals surface area contributed by atoms with Crippen molar-refractivity contribution in [3.05, 3.63) is 99.5 Å². The Hall–Kier alpha value is -2.88. The van der Waals surface area contributed by atoms with Gasteiger partial charge < -0.3 is 10.2 Å². The van der Waals surface area contributed by atoms with Gasteiger partial charge in [-0.2, -0.15) is 0 Å². The van der Waals surface area contributed by atoms with E-state index in [-0.39, 0.29) is 18.9 Å². The van der Waals surface area contributed by atoms with Gasteiger partial charge in [0.2, 0.25) is 21.8 Å². The highest BCUT2D eigenvalue weighted by Crippen LogP contribution is 2.24. The number of nitrogens with zero attached hydrogens (tertiary/aromatic N) is 2. The molecule has 0 aliphatic rings. The third-order valence-corrected chi connectivity index (χ3v) is 7.99. The fourth-order valence-corrected chi connectivity index (χ4v) is 5.58. The van der Waals surface area contributed by atoms with Crippen LogP contribution in [0.1, 0.15) is 30.9 Å². The van der Waals surface area contributed by atoms with Crippen LogP contribution in [0.3, 0.4) is 0 Å². The molecule has 0 radical (unpaired) electrons. The summed E-state index contributed by atoms with van der Waals surface area (Å²) in [5, 5.41) is 3.46. The molecule has 1 N–H and O–H groups in total. The predicted molar refractivity (Wildman–Crippen MR) is 160 cm³/mol. The first-order valence-electron chi connectivity index (χ1n) is 12.7. The van der Waals surface area contributed by atoms with E-state index in [0.717, 1.165) is 34.5 Å². The zero-order valence-electron chi connectivity index (χ0n) is 22.0. The van der Waals surface area contributed by atoms with Gasteiger partial charge in [0.1, 0.15) is 12.6 Å². The molecule has 208 valence electrons. The topological polar surface area (TPSA) is 86.8 Å². The minimum atomic E-state index is -3.82. The summed E-state index contributed by atoms with van der Waals surface area (Å²) in [6, 6.07) is 22.4. The number of carbonyl (C=O) groups is 2. The molecule has 0 fully saturated rings. The SMILES string of the molecule is CCCCNC(=O)[C@@H](Cc1ccccc1)N(Cc1cccc(Cl)c1)C(=O)CN(c1cccc(Br)c1)S(C)(=O)=O. The molecule has 0 heterocycles. The molecule has 10 heteroatoms. The lowest BCUT2D eigenvalue weighted by molar-refractivity contribution is -0.140. The van der Waals surface area contributed by atoms with Gasteiger partial charge in [-0.05, 0) is 47.9 Å². The molecule has 0 spiro atoms. The van der Waals surface area contributed by atoms with E-state index in [4.69, 9.17) is 11.6 Å². The van der Waals surface area contributed by atoms with Crippen LogP contribution in [0.4, 0.5) is 5.69 Å². The first-order chi connectivity index (χ1) is 18.6. The molecule has 0 saturated carbocycles. The van der Waals surface area contributed by atoms with Crippen molar-refractivity contribution in [3.8, 4) is 0 Å². The van der Waals surface area contributed by atoms with Crippen molar-refractivity contribution in [2.75, 3.05) is 23.7 Å². The maximum atomic E-state index is 14.0. The van der Waals surface area contributed by atoms with Crippen molar-refractivity contribution >= 4 is 55.1 Å². The summed E-state index contributed by atoms with van der Waals surface area (Å²) in [4.78, 5) is 29.0. The summed E-state index contributed by atoms with van der Waals surface area (Å²) >= 11 is 9.60. The zero-order valence-corrected chi connectivity index (χ0v) is 25.2. The second kappa shape index (κ2) is 14.5. The van der Waals surface area contributed by atoms with Crippen molar-refractivity contribution in [2.45, 2.75) is 38.8 Å². The molecule has 0 aliphatic heterocycles. The van der Waals surface area contributed by atoms with E-state index in [1.165, 1.54) is 4.90 Å². The summed E-state index contributed by atoms with van der Waals surface area (Å²) in [6.07, 6.45) is 3.03. The van der Waals surface area contributed by atoms with Gasteiger partial charge in [-0.1, -0.05) is 89.4 Å². The van der Waals surface area contributed by atoms with E-state index in [2.05, 4.69) is 21.2 Å². The minimum absolute atomic E-state index is 0.0776. The van der Waals surface area contributed by atoms with Crippen LogP contribution in [0, 0.1) is 0 Å². The molecule has 2 amide bonds. The number of unbranched alkanes of at least 4 members (excludes halogenated alkanes) is 1. The monoisotopic (exact) mass is 633 g/mol. The Morgan fingerprint density at radius 3 is 2.31 bits per heavy atom. The highest BCUT2D eigenvalue weighted by Gasteiger charge is 2.33. The summed E-state index contributed by atoms with van der Waals surface area (Å²) in [7, 11) is -3.82. The van der Waals surface area contributed by atoms with Gasteiger partial charge in [-0.3, -0.25) is 13.9 Å². The van der Waals surface area contributed by atoms with Crippen molar-refractivity contribution in [1.82, 2.24) is 10.2 Å². The molecule has 3 aromatic carbocycles. The molecule has 0 aromatic heterocycles. The largest absolute Gasteiger partial charge is 0.354 e. The smallest absolute Gasteiger partial charge is 0.244 e. The van der Waals surface area contributed by atoms with Crippen LogP contribution in [0.15, 0.2) is 83.3 Å². The van der Waals surface area contributed by atoms with E-state index in [1.807, 2.05) is 43.3 Å². The molecule has 0 saturated heterocycles. The maximum Gasteiger partial charge on any atom is 0.244 e. The Morgan fingerprint density at radius 2 is 1.67 bits per heavy atom. The predicted octanol–water partition coefficient (Wildman–Crippen LogP) is 5.42. The van der Waals surface area contributed by atoms with E-state index in [9.17, 15) is 18.0 Å². The average Bonchev–Trinajstić information content (AvgIpc) is 2.89. The normalized spacial score (nSPS) is 12.0. The van der Waals surface area contributed by atoms with Crippen molar-refractivity contribution < 1.29 is 18.0 Å². The van der Waals surface area contributed by atoms with Crippen LogP contribution >= 0.6 is 27.5 Å². The standard InChI is InChI=1S/C29H33BrClN3O4S/c1-3-4-16-32-29(36)27(18-22-10-6-5-7-11-22)33(20-23-12-8-14-25(31)17-23)28(35)21-34(39(2,37)38)26-15-9-13-24(30)19-26/h5-15,17,19,27H,3-4,16,18,20-21H2,1-2H3,(H,32,36)/t27-/m1/s1. The van der Waals surface area contributed by atoms with Gasteiger partial charge in [-0.25, -0.2) is 8.42 Å². The van der Waals surface area contributed by atoms with Crippen LogP contribution in [-0.4, -0.2) is 50.5 Å². The van der Waals surface area contributed by atoms with Crippen molar-refractivity contribution in [1.29, 1.82) is 0 Å². The number of benzene rings is 3. The van der Waals surface area contributed by atoms with Gasteiger partial charge in [0.25, 0.3) is 0 Å². The van der Waals surface area contributed by atoms with E-state index in [1.54, 1.807) is 42.5 Å². The van der Waals surface area contributed by atoms with Crippen LogP contribution < -0.4 is 9.62 Å². The maximum absolute atomic E-state index is 14.0. The third-order valence-electron chi connectivity index (χ3n) is 6.12. The van der Waals surface area contributed by atoms with Crippen molar-refractivity contribution in [3.63, 3.8) is 0 Å².